The van der Waals surface area contributed by atoms with Gasteiger partial charge in [0, 0.05) is 12.6 Å². The molecule has 1 aliphatic carbocycles. The first-order chi connectivity index (χ1) is 9.76. The Hall–Kier alpha value is -1.69. The Kier molecular flexibility index (Phi) is 5.29. The lowest BCUT2D eigenvalue weighted by molar-refractivity contribution is 0.278. The average Bonchev–Trinajstić information content (AvgIpc) is 2.53. The van der Waals surface area contributed by atoms with Gasteiger partial charge in [-0.2, -0.15) is 5.26 Å². The van der Waals surface area contributed by atoms with Crippen molar-refractivity contribution in [2.24, 2.45) is 11.8 Å². The van der Waals surface area contributed by atoms with Crippen molar-refractivity contribution in [1.82, 2.24) is 0 Å². The van der Waals surface area contributed by atoms with Crippen molar-refractivity contribution in [2.45, 2.75) is 39.0 Å². The first-order valence-corrected chi connectivity index (χ1v) is 7.58. The van der Waals surface area contributed by atoms with Crippen molar-refractivity contribution in [2.75, 3.05) is 19.0 Å². The minimum absolute atomic E-state index is 0.688. The molecule has 2 rings (SSSR count). The maximum Gasteiger partial charge on any atom is 0.121 e. The molecule has 1 N–H and O–H groups in total. The fourth-order valence-electron chi connectivity index (χ4n) is 2.99. The quantitative estimate of drug-likeness (QED) is 0.874. The van der Waals surface area contributed by atoms with E-state index in [0.717, 1.165) is 29.8 Å². The molecular formula is C17H24N2O. The highest BCUT2D eigenvalue weighted by Gasteiger charge is 2.19. The smallest absolute Gasteiger partial charge is 0.121 e. The third-order valence-corrected chi connectivity index (χ3v) is 4.47. The molecule has 1 aromatic carbocycles. The molecule has 20 heavy (non-hydrogen) atoms. The minimum Gasteiger partial charge on any atom is -0.497 e. The molecule has 0 atom stereocenters. The van der Waals surface area contributed by atoms with Crippen molar-refractivity contribution in [3.8, 4) is 11.8 Å². The summed E-state index contributed by atoms with van der Waals surface area (Å²) in [6.45, 7) is 3.25. The van der Waals surface area contributed by atoms with Crippen LogP contribution in [0.25, 0.3) is 0 Å². The number of methoxy groups -OCH3 is 1. The molecule has 0 aromatic heterocycles. The van der Waals surface area contributed by atoms with Gasteiger partial charge in [-0.25, -0.2) is 0 Å². The van der Waals surface area contributed by atoms with Gasteiger partial charge >= 0.3 is 0 Å². The zero-order valence-corrected chi connectivity index (χ0v) is 12.5. The second kappa shape index (κ2) is 7.19. The number of nitrogens with one attached hydrogen (secondary N) is 1. The first kappa shape index (κ1) is 14.7. The van der Waals surface area contributed by atoms with Crippen LogP contribution in [0.3, 0.4) is 0 Å². The fraction of sp³-hybridized carbons (Fsp3) is 0.588. The maximum atomic E-state index is 9.15. The van der Waals surface area contributed by atoms with Crippen LogP contribution in [0.4, 0.5) is 5.69 Å². The molecule has 0 bridgehead atoms. The highest BCUT2D eigenvalue weighted by Crippen LogP contribution is 2.31. The standard InChI is InChI=1S/C17H24N2O/c1-3-13-4-6-14(7-5-13)12-19-17-10-16(20-2)9-8-15(17)11-18/h8-10,13-14,19H,3-7,12H2,1-2H3. The van der Waals surface area contributed by atoms with Gasteiger partial charge in [-0.1, -0.05) is 26.2 Å². The lowest BCUT2D eigenvalue weighted by Gasteiger charge is -2.28. The van der Waals surface area contributed by atoms with Crippen LogP contribution in [0.2, 0.25) is 0 Å². The maximum absolute atomic E-state index is 9.15. The van der Waals surface area contributed by atoms with E-state index in [1.165, 1.54) is 32.1 Å². The summed E-state index contributed by atoms with van der Waals surface area (Å²) < 4.78 is 5.23. The molecule has 0 amide bonds. The van der Waals surface area contributed by atoms with E-state index in [0.29, 0.717) is 5.56 Å². The molecule has 0 heterocycles. The van der Waals surface area contributed by atoms with E-state index in [1.54, 1.807) is 7.11 Å². The van der Waals surface area contributed by atoms with Crippen LogP contribution < -0.4 is 10.1 Å². The number of anilines is 1. The molecular weight excluding hydrogens is 248 g/mol. The SMILES string of the molecule is CCC1CCC(CNc2cc(OC)ccc2C#N)CC1. The molecule has 1 saturated carbocycles. The van der Waals surface area contributed by atoms with Crippen LogP contribution >= 0.6 is 0 Å². The lowest BCUT2D eigenvalue weighted by Crippen LogP contribution is -2.21. The summed E-state index contributed by atoms with van der Waals surface area (Å²) in [5.41, 5.74) is 1.58. The predicted molar refractivity (Wildman–Crippen MR) is 81.9 cm³/mol. The Morgan fingerprint density at radius 2 is 1.95 bits per heavy atom. The zero-order chi connectivity index (χ0) is 14.4. The minimum atomic E-state index is 0.688. The molecule has 3 heteroatoms. The molecule has 0 spiro atoms. The summed E-state index contributed by atoms with van der Waals surface area (Å²) >= 11 is 0. The van der Waals surface area contributed by atoms with Crippen LogP contribution in [-0.4, -0.2) is 13.7 Å². The molecule has 0 unspecified atom stereocenters. The predicted octanol–water partition coefficient (Wildman–Crippen LogP) is 4.20. The Bertz CT molecular complexity index is 470. The zero-order valence-electron chi connectivity index (χ0n) is 12.5. The van der Waals surface area contributed by atoms with Crippen LogP contribution in [0.15, 0.2) is 18.2 Å². The van der Waals surface area contributed by atoms with Crippen LogP contribution in [0.1, 0.15) is 44.6 Å². The van der Waals surface area contributed by atoms with E-state index in [9.17, 15) is 0 Å². The monoisotopic (exact) mass is 272 g/mol. The summed E-state index contributed by atoms with van der Waals surface area (Å²) in [6, 6.07) is 7.79. The number of hydrogen-bond donors (Lipinski definition) is 1. The average molecular weight is 272 g/mol. The van der Waals surface area contributed by atoms with Gasteiger partial charge in [-0.3, -0.25) is 0 Å². The van der Waals surface area contributed by atoms with Gasteiger partial charge in [-0.15, -0.1) is 0 Å². The number of nitriles is 1. The van der Waals surface area contributed by atoms with Crippen molar-refractivity contribution < 1.29 is 4.74 Å². The third kappa shape index (κ3) is 3.66. The van der Waals surface area contributed by atoms with E-state index >= 15 is 0 Å². The van der Waals surface area contributed by atoms with E-state index in [-0.39, 0.29) is 0 Å². The number of rotatable bonds is 5. The number of hydrogen-bond acceptors (Lipinski definition) is 3. The highest BCUT2D eigenvalue weighted by molar-refractivity contribution is 5.60. The van der Waals surface area contributed by atoms with Crippen LogP contribution in [0, 0.1) is 23.2 Å². The van der Waals surface area contributed by atoms with Gasteiger partial charge in [0.05, 0.1) is 18.4 Å². The summed E-state index contributed by atoms with van der Waals surface area (Å²) in [6.07, 6.45) is 6.63. The van der Waals surface area contributed by atoms with Crippen molar-refractivity contribution in [1.29, 1.82) is 5.26 Å². The van der Waals surface area contributed by atoms with Gasteiger partial charge in [0.1, 0.15) is 11.8 Å². The second-order valence-electron chi connectivity index (χ2n) is 5.70. The van der Waals surface area contributed by atoms with E-state index in [4.69, 9.17) is 10.00 Å². The molecule has 1 aromatic rings. The molecule has 3 nitrogen and oxygen atoms in total. The highest BCUT2D eigenvalue weighted by atomic mass is 16.5. The first-order valence-electron chi connectivity index (χ1n) is 7.58. The van der Waals surface area contributed by atoms with E-state index in [2.05, 4.69) is 18.3 Å². The molecule has 0 saturated heterocycles. The molecule has 0 aliphatic heterocycles. The van der Waals surface area contributed by atoms with E-state index in [1.807, 2.05) is 18.2 Å². The summed E-state index contributed by atoms with van der Waals surface area (Å²) in [5, 5.41) is 12.6. The van der Waals surface area contributed by atoms with Crippen LogP contribution in [-0.2, 0) is 0 Å². The van der Waals surface area contributed by atoms with Crippen molar-refractivity contribution >= 4 is 5.69 Å². The number of ether oxygens (including phenoxy) is 1. The van der Waals surface area contributed by atoms with Gasteiger partial charge in [0.15, 0.2) is 0 Å². The Morgan fingerprint density at radius 1 is 1.25 bits per heavy atom. The Balaban J connectivity index is 1.92. The normalized spacial score (nSPS) is 22.1. The largest absolute Gasteiger partial charge is 0.497 e. The third-order valence-electron chi connectivity index (χ3n) is 4.47. The summed E-state index contributed by atoms with van der Waals surface area (Å²) in [4.78, 5) is 0. The molecule has 0 radical (unpaired) electrons. The fourth-order valence-corrected chi connectivity index (χ4v) is 2.99. The second-order valence-corrected chi connectivity index (χ2v) is 5.70. The topological polar surface area (TPSA) is 45.0 Å². The van der Waals surface area contributed by atoms with Crippen molar-refractivity contribution in [3.05, 3.63) is 23.8 Å². The molecule has 1 fully saturated rings. The van der Waals surface area contributed by atoms with E-state index < -0.39 is 0 Å². The summed E-state index contributed by atoms with van der Waals surface area (Å²) in [5.74, 6) is 2.45. The van der Waals surface area contributed by atoms with Gasteiger partial charge < -0.3 is 10.1 Å². The van der Waals surface area contributed by atoms with Gasteiger partial charge in [0.2, 0.25) is 0 Å². The molecule has 108 valence electrons. The summed E-state index contributed by atoms with van der Waals surface area (Å²) in [7, 11) is 1.65. The lowest BCUT2D eigenvalue weighted by atomic mass is 9.81. The van der Waals surface area contributed by atoms with Crippen LogP contribution in [0.5, 0.6) is 5.75 Å². The number of benzene rings is 1. The molecule has 1 aliphatic rings. The Labute approximate surface area is 121 Å². The van der Waals surface area contributed by atoms with Gasteiger partial charge in [0.25, 0.3) is 0 Å². The Morgan fingerprint density at radius 3 is 2.55 bits per heavy atom. The van der Waals surface area contributed by atoms with Gasteiger partial charge in [-0.05, 0) is 36.8 Å². The van der Waals surface area contributed by atoms with Crippen molar-refractivity contribution in [3.63, 3.8) is 0 Å². The number of nitrogens with zero attached hydrogens (tertiary/aromatic N) is 1.